The van der Waals surface area contributed by atoms with Crippen LogP contribution in [0.15, 0.2) is 71.3 Å². The van der Waals surface area contributed by atoms with Crippen LogP contribution in [0.1, 0.15) is 36.8 Å². The molecule has 29 heavy (non-hydrogen) atoms. The Morgan fingerprint density at radius 1 is 0.793 bits per heavy atom. The SMILES string of the molecule is Cc1ccccc1C(=O)Nc1ccc(C(=O)NCCNC(=O)c2ccco2)cc1. The van der Waals surface area contributed by atoms with Crippen molar-refractivity contribution in [2.24, 2.45) is 0 Å². The fourth-order valence-electron chi connectivity index (χ4n) is 2.68. The standard InChI is InChI=1S/C22H21N3O4/c1-15-5-2-3-6-18(15)21(27)25-17-10-8-16(9-11-17)20(26)23-12-13-24-22(28)19-7-4-14-29-19/h2-11,14H,12-13H2,1H3,(H,23,26)(H,24,28)(H,25,27). The van der Waals surface area contributed by atoms with E-state index in [4.69, 9.17) is 4.42 Å². The molecular formula is C22H21N3O4. The smallest absolute Gasteiger partial charge is 0.287 e. The summed E-state index contributed by atoms with van der Waals surface area (Å²) < 4.78 is 4.99. The van der Waals surface area contributed by atoms with Gasteiger partial charge in [-0.15, -0.1) is 0 Å². The molecular weight excluding hydrogens is 370 g/mol. The van der Waals surface area contributed by atoms with E-state index < -0.39 is 0 Å². The number of rotatable bonds is 7. The zero-order valence-corrected chi connectivity index (χ0v) is 15.9. The maximum Gasteiger partial charge on any atom is 0.287 e. The molecule has 0 spiro atoms. The highest BCUT2D eigenvalue weighted by molar-refractivity contribution is 6.05. The Labute approximate surface area is 168 Å². The summed E-state index contributed by atoms with van der Waals surface area (Å²) in [5.74, 6) is -0.584. The van der Waals surface area contributed by atoms with Crippen molar-refractivity contribution in [2.45, 2.75) is 6.92 Å². The zero-order chi connectivity index (χ0) is 20.6. The van der Waals surface area contributed by atoms with Gasteiger partial charge in [-0.05, 0) is 55.0 Å². The summed E-state index contributed by atoms with van der Waals surface area (Å²) in [5, 5.41) is 8.19. The van der Waals surface area contributed by atoms with E-state index in [1.165, 1.54) is 6.26 Å². The van der Waals surface area contributed by atoms with Gasteiger partial charge in [0.2, 0.25) is 0 Å². The van der Waals surface area contributed by atoms with Crippen LogP contribution in [0.25, 0.3) is 0 Å². The van der Waals surface area contributed by atoms with Crippen molar-refractivity contribution in [1.29, 1.82) is 0 Å². The van der Waals surface area contributed by atoms with Crippen molar-refractivity contribution in [3.05, 3.63) is 89.4 Å². The lowest BCUT2D eigenvalue weighted by Gasteiger charge is -2.09. The number of hydrogen-bond donors (Lipinski definition) is 3. The van der Waals surface area contributed by atoms with Gasteiger partial charge in [0.25, 0.3) is 17.7 Å². The van der Waals surface area contributed by atoms with E-state index in [0.29, 0.717) is 16.8 Å². The predicted molar refractivity (Wildman–Crippen MR) is 109 cm³/mol. The summed E-state index contributed by atoms with van der Waals surface area (Å²) in [4.78, 5) is 36.2. The van der Waals surface area contributed by atoms with Crippen LogP contribution >= 0.6 is 0 Å². The minimum absolute atomic E-state index is 0.201. The first-order valence-electron chi connectivity index (χ1n) is 9.11. The Morgan fingerprint density at radius 2 is 1.48 bits per heavy atom. The van der Waals surface area contributed by atoms with Crippen molar-refractivity contribution in [1.82, 2.24) is 10.6 Å². The first-order valence-corrected chi connectivity index (χ1v) is 9.11. The molecule has 3 aromatic rings. The van der Waals surface area contributed by atoms with Gasteiger partial charge >= 0.3 is 0 Å². The first kappa shape index (κ1) is 19.9. The van der Waals surface area contributed by atoms with Crippen LogP contribution < -0.4 is 16.0 Å². The molecule has 0 radical (unpaired) electrons. The van der Waals surface area contributed by atoms with E-state index in [2.05, 4.69) is 16.0 Å². The lowest BCUT2D eigenvalue weighted by molar-refractivity contribution is 0.0910. The maximum absolute atomic E-state index is 12.3. The van der Waals surface area contributed by atoms with E-state index in [9.17, 15) is 14.4 Å². The van der Waals surface area contributed by atoms with Gasteiger partial charge in [0, 0.05) is 29.9 Å². The molecule has 7 heteroatoms. The molecule has 2 aromatic carbocycles. The molecule has 148 valence electrons. The fraction of sp³-hybridized carbons (Fsp3) is 0.136. The number of carbonyl (C=O) groups is 3. The van der Waals surface area contributed by atoms with E-state index in [1.807, 2.05) is 25.1 Å². The fourth-order valence-corrected chi connectivity index (χ4v) is 2.68. The van der Waals surface area contributed by atoms with Gasteiger partial charge < -0.3 is 20.4 Å². The first-order chi connectivity index (χ1) is 14.0. The summed E-state index contributed by atoms with van der Waals surface area (Å²) >= 11 is 0. The number of amides is 3. The second-order valence-electron chi connectivity index (χ2n) is 6.34. The Hall–Kier alpha value is -3.87. The van der Waals surface area contributed by atoms with Crippen LogP contribution in [0.4, 0.5) is 5.69 Å². The van der Waals surface area contributed by atoms with Crippen molar-refractivity contribution in [3.8, 4) is 0 Å². The lowest BCUT2D eigenvalue weighted by Crippen LogP contribution is -2.34. The lowest BCUT2D eigenvalue weighted by atomic mass is 10.1. The van der Waals surface area contributed by atoms with E-state index in [1.54, 1.807) is 42.5 Å². The molecule has 3 rings (SSSR count). The maximum atomic E-state index is 12.3. The molecule has 0 aliphatic rings. The number of hydrogen-bond acceptors (Lipinski definition) is 4. The van der Waals surface area contributed by atoms with E-state index in [-0.39, 0.29) is 36.6 Å². The van der Waals surface area contributed by atoms with Crippen molar-refractivity contribution >= 4 is 23.4 Å². The average Bonchev–Trinajstić information content (AvgIpc) is 3.27. The van der Waals surface area contributed by atoms with Gasteiger partial charge in [-0.3, -0.25) is 14.4 Å². The highest BCUT2D eigenvalue weighted by Gasteiger charge is 2.10. The van der Waals surface area contributed by atoms with Crippen LogP contribution in [0, 0.1) is 6.92 Å². The summed E-state index contributed by atoms with van der Waals surface area (Å²) in [6, 6.07) is 17.1. The molecule has 0 fully saturated rings. The molecule has 0 unspecified atom stereocenters. The van der Waals surface area contributed by atoms with Gasteiger partial charge in [-0.1, -0.05) is 18.2 Å². The normalized spacial score (nSPS) is 10.2. The molecule has 0 saturated carbocycles. The highest BCUT2D eigenvalue weighted by atomic mass is 16.3. The van der Waals surface area contributed by atoms with Crippen LogP contribution in [0.3, 0.4) is 0 Å². The number of furan rings is 1. The second kappa shape index (κ2) is 9.36. The number of carbonyl (C=O) groups excluding carboxylic acids is 3. The molecule has 0 bridgehead atoms. The van der Waals surface area contributed by atoms with E-state index in [0.717, 1.165) is 5.56 Å². The summed E-state index contributed by atoms with van der Waals surface area (Å²) in [6.45, 7) is 2.42. The third kappa shape index (κ3) is 5.32. The van der Waals surface area contributed by atoms with E-state index >= 15 is 0 Å². The molecule has 0 aliphatic carbocycles. The molecule has 1 aromatic heterocycles. The quantitative estimate of drug-likeness (QED) is 0.539. The topological polar surface area (TPSA) is 100 Å². The molecule has 7 nitrogen and oxygen atoms in total. The minimum atomic E-state index is -0.335. The van der Waals surface area contributed by atoms with Crippen LogP contribution in [0.5, 0.6) is 0 Å². The third-order valence-corrected chi connectivity index (χ3v) is 4.24. The predicted octanol–water partition coefficient (Wildman–Crippen LogP) is 3.00. The molecule has 0 aliphatic heterocycles. The summed E-state index contributed by atoms with van der Waals surface area (Å²) in [6.07, 6.45) is 1.42. The Kier molecular flexibility index (Phi) is 6.42. The molecule has 3 N–H and O–H groups in total. The van der Waals surface area contributed by atoms with Gasteiger partial charge in [-0.2, -0.15) is 0 Å². The van der Waals surface area contributed by atoms with Crippen molar-refractivity contribution < 1.29 is 18.8 Å². The number of anilines is 1. The number of aryl methyl sites for hydroxylation is 1. The van der Waals surface area contributed by atoms with Crippen LogP contribution in [0.2, 0.25) is 0 Å². The Balaban J connectivity index is 1.46. The average molecular weight is 391 g/mol. The monoisotopic (exact) mass is 391 g/mol. The zero-order valence-electron chi connectivity index (χ0n) is 15.9. The van der Waals surface area contributed by atoms with Gasteiger partial charge in [-0.25, -0.2) is 0 Å². The summed E-state index contributed by atoms with van der Waals surface area (Å²) in [7, 11) is 0. The van der Waals surface area contributed by atoms with Gasteiger partial charge in [0.1, 0.15) is 0 Å². The summed E-state index contributed by atoms with van der Waals surface area (Å²) in [5.41, 5.74) is 2.54. The molecule has 3 amide bonds. The molecule has 0 saturated heterocycles. The Bertz CT molecular complexity index is 995. The number of nitrogens with one attached hydrogen (secondary N) is 3. The molecule has 1 heterocycles. The van der Waals surface area contributed by atoms with Gasteiger partial charge in [0.05, 0.1) is 6.26 Å². The Morgan fingerprint density at radius 3 is 2.14 bits per heavy atom. The highest BCUT2D eigenvalue weighted by Crippen LogP contribution is 2.13. The van der Waals surface area contributed by atoms with Gasteiger partial charge in [0.15, 0.2) is 5.76 Å². The third-order valence-electron chi connectivity index (χ3n) is 4.24. The largest absolute Gasteiger partial charge is 0.459 e. The van der Waals surface area contributed by atoms with Crippen LogP contribution in [-0.2, 0) is 0 Å². The van der Waals surface area contributed by atoms with Crippen LogP contribution in [-0.4, -0.2) is 30.8 Å². The van der Waals surface area contributed by atoms with Crippen molar-refractivity contribution in [3.63, 3.8) is 0 Å². The minimum Gasteiger partial charge on any atom is -0.459 e. The second-order valence-corrected chi connectivity index (χ2v) is 6.34. The number of benzene rings is 2. The van der Waals surface area contributed by atoms with Crippen molar-refractivity contribution in [2.75, 3.05) is 18.4 Å². The molecule has 0 atom stereocenters.